The lowest BCUT2D eigenvalue weighted by Gasteiger charge is -2.12. The number of sulfonamides is 1. The second kappa shape index (κ2) is 5.13. The maximum Gasteiger partial charge on any atom is 0.263 e. The van der Waals surface area contributed by atoms with Crippen molar-refractivity contribution in [3.8, 4) is 0 Å². The molecule has 0 aliphatic heterocycles. The van der Waals surface area contributed by atoms with E-state index in [0.29, 0.717) is 0 Å². The number of benzene rings is 2. The molecule has 0 aromatic heterocycles. The highest BCUT2D eigenvalue weighted by molar-refractivity contribution is 7.92. The summed E-state index contributed by atoms with van der Waals surface area (Å²) >= 11 is 0. The second-order valence-corrected chi connectivity index (χ2v) is 6.21. The molecule has 20 heavy (non-hydrogen) atoms. The predicted octanol–water partition coefficient (Wildman–Crippen LogP) is 2.83. The van der Waals surface area contributed by atoms with Crippen molar-refractivity contribution in [1.82, 2.24) is 0 Å². The van der Waals surface area contributed by atoms with Gasteiger partial charge in [0.05, 0.1) is 11.4 Å². The standard InChI is InChI=1S/C14H15FN2O2S/c1-9-6-7-14(12(16)8-9)20(18,19)17-13-5-3-4-11(15)10(13)2/h3-8,17H,16H2,1-2H3. The van der Waals surface area contributed by atoms with Crippen LogP contribution in [0, 0.1) is 19.7 Å². The first-order valence-corrected chi connectivity index (χ1v) is 7.43. The smallest absolute Gasteiger partial charge is 0.263 e. The van der Waals surface area contributed by atoms with Gasteiger partial charge in [0.25, 0.3) is 10.0 Å². The van der Waals surface area contributed by atoms with Crippen LogP contribution in [0.1, 0.15) is 11.1 Å². The lowest BCUT2D eigenvalue weighted by atomic mass is 10.2. The molecule has 2 rings (SSSR count). The SMILES string of the molecule is Cc1ccc(S(=O)(=O)Nc2cccc(F)c2C)c(N)c1. The minimum atomic E-state index is -3.84. The van der Waals surface area contributed by atoms with Crippen molar-refractivity contribution in [2.75, 3.05) is 10.5 Å². The Balaban J connectivity index is 2.44. The Morgan fingerprint density at radius 3 is 2.50 bits per heavy atom. The molecular weight excluding hydrogens is 279 g/mol. The fraction of sp³-hybridized carbons (Fsp3) is 0.143. The van der Waals surface area contributed by atoms with E-state index in [1.165, 1.54) is 31.2 Å². The van der Waals surface area contributed by atoms with Crippen LogP contribution < -0.4 is 10.5 Å². The summed E-state index contributed by atoms with van der Waals surface area (Å²) in [4.78, 5) is -0.0215. The van der Waals surface area contributed by atoms with E-state index in [2.05, 4.69) is 4.72 Å². The first kappa shape index (κ1) is 14.3. The predicted molar refractivity (Wildman–Crippen MR) is 77.5 cm³/mol. The normalized spacial score (nSPS) is 11.3. The Morgan fingerprint density at radius 1 is 1.15 bits per heavy atom. The van der Waals surface area contributed by atoms with Gasteiger partial charge < -0.3 is 5.73 Å². The van der Waals surface area contributed by atoms with Crippen LogP contribution >= 0.6 is 0 Å². The van der Waals surface area contributed by atoms with Crippen LogP contribution in [0.2, 0.25) is 0 Å². The summed E-state index contributed by atoms with van der Waals surface area (Å²) in [6.45, 7) is 3.32. The van der Waals surface area contributed by atoms with E-state index in [1.54, 1.807) is 12.1 Å². The van der Waals surface area contributed by atoms with Crippen LogP contribution in [0.4, 0.5) is 15.8 Å². The van der Waals surface area contributed by atoms with Gasteiger partial charge in [0.2, 0.25) is 0 Å². The third-order valence-electron chi connectivity index (χ3n) is 2.97. The van der Waals surface area contributed by atoms with Crippen molar-refractivity contribution in [3.63, 3.8) is 0 Å². The lowest BCUT2D eigenvalue weighted by Crippen LogP contribution is -2.15. The molecule has 0 aliphatic carbocycles. The van der Waals surface area contributed by atoms with Gasteiger partial charge in [0, 0.05) is 5.56 Å². The molecule has 106 valence electrons. The van der Waals surface area contributed by atoms with E-state index in [9.17, 15) is 12.8 Å². The molecule has 6 heteroatoms. The summed E-state index contributed by atoms with van der Waals surface area (Å²) in [6, 6.07) is 8.88. The number of halogens is 1. The molecule has 2 aromatic rings. The van der Waals surface area contributed by atoms with E-state index >= 15 is 0 Å². The highest BCUT2D eigenvalue weighted by Gasteiger charge is 2.19. The van der Waals surface area contributed by atoms with Crippen LogP contribution in [-0.4, -0.2) is 8.42 Å². The summed E-state index contributed by atoms with van der Waals surface area (Å²) in [5.74, 6) is -0.470. The van der Waals surface area contributed by atoms with Gasteiger partial charge in [-0.15, -0.1) is 0 Å². The van der Waals surface area contributed by atoms with Gasteiger partial charge >= 0.3 is 0 Å². The number of hydrogen-bond donors (Lipinski definition) is 2. The summed E-state index contributed by atoms with van der Waals surface area (Å²) in [7, 11) is -3.84. The van der Waals surface area contributed by atoms with Gasteiger partial charge in [0.1, 0.15) is 10.7 Å². The first-order valence-electron chi connectivity index (χ1n) is 5.95. The molecule has 0 heterocycles. The summed E-state index contributed by atoms with van der Waals surface area (Å²) in [5.41, 5.74) is 7.20. The molecule has 0 spiro atoms. The van der Waals surface area contributed by atoms with Crippen molar-refractivity contribution < 1.29 is 12.8 Å². The minimum Gasteiger partial charge on any atom is -0.398 e. The van der Waals surface area contributed by atoms with Gasteiger partial charge in [-0.2, -0.15) is 0 Å². The maximum absolute atomic E-state index is 13.4. The molecule has 0 saturated carbocycles. The Bertz CT molecular complexity index is 758. The quantitative estimate of drug-likeness (QED) is 0.855. The molecule has 0 fully saturated rings. The maximum atomic E-state index is 13.4. The third-order valence-corrected chi connectivity index (χ3v) is 4.41. The number of rotatable bonds is 3. The highest BCUT2D eigenvalue weighted by atomic mass is 32.2. The molecule has 0 unspecified atom stereocenters. The van der Waals surface area contributed by atoms with Gasteiger partial charge in [-0.3, -0.25) is 4.72 Å². The molecule has 0 aliphatic rings. The largest absolute Gasteiger partial charge is 0.398 e. The van der Waals surface area contributed by atoms with Crippen molar-refractivity contribution in [1.29, 1.82) is 0 Å². The molecule has 3 N–H and O–H groups in total. The van der Waals surface area contributed by atoms with Crippen molar-refractivity contribution in [3.05, 3.63) is 53.3 Å². The van der Waals surface area contributed by atoms with Crippen LogP contribution in [0.15, 0.2) is 41.3 Å². The number of nitrogen functional groups attached to an aromatic ring is 1. The Labute approximate surface area is 117 Å². The van der Waals surface area contributed by atoms with Crippen LogP contribution in [0.25, 0.3) is 0 Å². The Morgan fingerprint density at radius 2 is 1.85 bits per heavy atom. The molecule has 0 atom stereocenters. The molecule has 0 radical (unpaired) electrons. The molecule has 4 nitrogen and oxygen atoms in total. The van der Waals surface area contributed by atoms with Gasteiger partial charge in [-0.25, -0.2) is 12.8 Å². The van der Waals surface area contributed by atoms with E-state index in [-0.39, 0.29) is 21.8 Å². The van der Waals surface area contributed by atoms with Crippen molar-refractivity contribution in [2.24, 2.45) is 0 Å². The van der Waals surface area contributed by atoms with E-state index in [4.69, 9.17) is 5.73 Å². The summed E-state index contributed by atoms with van der Waals surface area (Å²) < 4.78 is 40.4. The van der Waals surface area contributed by atoms with Crippen molar-refractivity contribution >= 4 is 21.4 Å². The summed E-state index contributed by atoms with van der Waals surface area (Å²) in [5, 5.41) is 0. The zero-order valence-corrected chi connectivity index (χ0v) is 12.0. The zero-order valence-electron chi connectivity index (χ0n) is 11.1. The molecule has 0 bridgehead atoms. The first-order chi connectivity index (χ1) is 9.31. The second-order valence-electron chi connectivity index (χ2n) is 4.56. The Hall–Kier alpha value is -2.08. The van der Waals surface area contributed by atoms with Crippen LogP contribution in [0.5, 0.6) is 0 Å². The van der Waals surface area contributed by atoms with Crippen LogP contribution in [0.3, 0.4) is 0 Å². The van der Waals surface area contributed by atoms with E-state index in [1.807, 2.05) is 6.92 Å². The molecule has 0 amide bonds. The Kier molecular flexibility index (Phi) is 3.67. The minimum absolute atomic E-state index is 0.0215. The van der Waals surface area contributed by atoms with Gasteiger partial charge in [-0.1, -0.05) is 12.1 Å². The fourth-order valence-electron chi connectivity index (χ4n) is 1.83. The molecular formula is C14H15FN2O2S. The van der Waals surface area contributed by atoms with Gasteiger partial charge in [0.15, 0.2) is 0 Å². The molecule has 2 aromatic carbocycles. The van der Waals surface area contributed by atoms with E-state index < -0.39 is 15.8 Å². The fourth-order valence-corrected chi connectivity index (χ4v) is 3.07. The van der Waals surface area contributed by atoms with E-state index in [0.717, 1.165) is 5.56 Å². The number of aryl methyl sites for hydroxylation is 1. The average Bonchev–Trinajstić information content (AvgIpc) is 2.34. The van der Waals surface area contributed by atoms with Crippen molar-refractivity contribution in [2.45, 2.75) is 18.7 Å². The van der Waals surface area contributed by atoms with Crippen LogP contribution in [-0.2, 0) is 10.0 Å². The zero-order chi connectivity index (χ0) is 14.9. The summed E-state index contributed by atoms with van der Waals surface area (Å²) in [6.07, 6.45) is 0. The number of nitrogens with one attached hydrogen (secondary N) is 1. The molecule has 0 saturated heterocycles. The number of anilines is 2. The lowest BCUT2D eigenvalue weighted by molar-refractivity contribution is 0.601. The average molecular weight is 294 g/mol. The van der Waals surface area contributed by atoms with Gasteiger partial charge in [-0.05, 0) is 43.7 Å². The highest BCUT2D eigenvalue weighted by Crippen LogP contribution is 2.25. The topological polar surface area (TPSA) is 72.2 Å². The number of hydrogen-bond acceptors (Lipinski definition) is 3. The third kappa shape index (κ3) is 2.75. The number of nitrogens with two attached hydrogens (primary N) is 1. The monoisotopic (exact) mass is 294 g/mol.